The molecule has 2 heterocycles. The summed E-state index contributed by atoms with van der Waals surface area (Å²) in [6.07, 6.45) is 11.7. The molecule has 1 aliphatic heterocycles. The van der Waals surface area contributed by atoms with E-state index in [1.807, 2.05) is 50.4 Å². The number of anilines is 1. The molecule has 284 valence electrons. The van der Waals surface area contributed by atoms with Crippen LogP contribution in [0.2, 0.25) is 0 Å². The van der Waals surface area contributed by atoms with Crippen molar-refractivity contribution in [3.63, 3.8) is 0 Å². The lowest BCUT2D eigenvalue weighted by Crippen LogP contribution is -2.34. The average molecular weight is 736 g/mol. The first-order valence-electron chi connectivity index (χ1n) is 19.4. The number of hydrogen-bond acceptors (Lipinski definition) is 7. The molecule has 1 saturated carbocycles. The number of likely N-dealkylation sites (tertiary alicyclic amines) is 1. The van der Waals surface area contributed by atoms with Crippen LogP contribution in [0.3, 0.4) is 0 Å². The largest absolute Gasteiger partial charge is 0.481 e. The zero-order valence-electron chi connectivity index (χ0n) is 32.7. The second-order valence-electron chi connectivity index (χ2n) is 15.0. The van der Waals surface area contributed by atoms with Crippen molar-refractivity contribution in [3.05, 3.63) is 130 Å². The predicted octanol–water partition coefficient (Wildman–Crippen LogP) is 10.0. The highest BCUT2D eigenvalue weighted by molar-refractivity contribution is 5.85. The van der Waals surface area contributed by atoms with Crippen LogP contribution in [-0.2, 0) is 17.9 Å². The number of carboxylic acid groups (broad SMARTS) is 1. The third-order valence-electron chi connectivity index (χ3n) is 11.1. The van der Waals surface area contributed by atoms with E-state index >= 15 is 0 Å². The maximum atomic E-state index is 11.3. The van der Waals surface area contributed by atoms with E-state index in [1.165, 1.54) is 18.4 Å². The van der Waals surface area contributed by atoms with Gasteiger partial charge in [0.2, 0.25) is 0 Å². The van der Waals surface area contributed by atoms with Crippen molar-refractivity contribution < 1.29 is 14.6 Å². The number of ether oxygens (including phenoxy) is 1. The first-order valence-corrected chi connectivity index (χ1v) is 19.4. The van der Waals surface area contributed by atoms with Gasteiger partial charge < -0.3 is 20.5 Å². The van der Waals surface area contributed by atoms with Gasteiger partial charge in [0.15, 0.2) is 0 Å². The van der Waals surface area contributed by atoms with E-state index in [-0.39, 0.29) is 12.0 Å². The Kier molecular flexibility index (Phi) is 12.7. The fourth-order valence-corrected chi connectivity index (χ4v) is 8.04. The normalized spacial score (nSPS) is 17.2. The third kappa shape index (κ3) is 9.25. The molecule has 1 saturated heterocycles. The Morgan fingerprint density at radius 3 is 2.40 bits per heavy atom. The van der Waals surface area contributed by atoms with Crippen LogP contribution in [0, 0.1) is 38.0 Å². The summed E-state index contributed by atoms with van der Waals surface area (Å²) in [4.78, 5) is 18.7. The number of hydrogen-bond donors (Lipinski definition) is 3. The van der Waals surface area contributed by atoms with E-state index in [1.54, 1.807) is 0 Å². The minimum absolute atomic E-state index is 0.246. The molecule has 6 rings (SSSR count). The van der Waals surface area contributed by atoms with Crippen molar-refractivity contribution in [2.75, 3.05) is 18.4 Å². The van der Waals surface area contributed by atoms with Crippen LogP contribution in [0.25, 0.3) is 28.7 Å². The summed E-state index contributed by atoms with van der Waals surface area (Å²) >= 11 is 0. The van der Waals surface area contributed by atoms with Crippen LogP contribution in [0.5, 0.6) is 5.75 Å². The third-order valence-corrected chi connectivity index (χ3v) is 11.1. The molecule has 55 heavy (non-hydrogen) atoms. The summed E-state index contributed by atoms with van der Waals surface area (Å²) in [7, 11) is 0. The SMILES string of the molecule is C=C(Oc1c(C)cc(CNC2CCC(C(=O)O)CC2)cc1C#N)c1cccc(-c2cccc(NC(=C)c3ncc(CN4CCCC4)cc3/C=C\C)c2C)c1C. The standard InChI is InChI=1S/C47H53N5O3/c1-7-12-38-25-36(29-52-21-8-9-22-52)28-50-45(38)33(5)51-44-16-11-15-43(32(44)4)42-14-10-13-41(31(42)3)34(6)55-46-30(2)23-35(24-39(46)26-48)27-49-40-19-17-37(18-20-40)47(53)54/h7,10-16,23-25,28,37,40,49,51H,5-6,8-9,17-22,27,29H2,1-4H3,(H,53,54)/b12-7-. The van der Waals surface area contributed by atoms with Crippen molar-refractivity contribution >= 4 is 29.2 Å². The van der Waals surface area contributed by atoms with Gasteiger partial charge in [-0.3, -0.25) is 14.7 Å². The number of carbonyl (C=O) groups is 1. The molecule has 1 aromatic heterocycles. The fourth-order valence-electron chi connectivity index (χ4n) is 8.04. The van der Waals surface area contributed by atoms with Gasteiger partial charge in [0.25, 0.3) is 0 Å². The molecule has 8 heteroatoms. The second kappa shape index (κ2) is 17.8. The Morgan fingerprint density at radius 1 is 1.00 bits per heavy atom. The number of rotatable bonds is 14. The highest BCUT2D eigenvalue weighted by atomic mass is 16.5. The molecule has 1 aliphatic carbocycles. The molecule has 4 aromatic rings. The number of aromatic nitrogens is 1. The van der Waals surface area contributed by atoms with Crippen molar-refractivity contribution in [2.45, 2.75) is 85.4 Å². The van der Waals surface area contributed by atoms with E-state index in [9.17, 15) is 15.2 Å². The summed E-state index contributed by atoms with van der Waals surface area (Å²) in [5.74, 6) is 0.0201. The molecule has 8 nitrogen and oxygen atoms in total. The summed E-state index contributed by atoms with van der Waals surface area (Å²) in [6.45, 7) is 20.7. The van der Waals surface area contributed by atoms with Gasteiger partial charge in [-0.05, 0) is 136 Å². The number of nitrogens with zero attached hydrogens (tertiary/aromatic N) is 3. The molecule has 2 aliphatic rings. The van der Waals surface area contributed by atoms with E-state index in [2.05, 4.69) is 85.0 Å². The molecule has 3 N–H and O–H groups in total. The smallest absolute Gasteiger partial charge is 0.306 e. The van der Waals surface area contributed by atoms with Gasteiger partial charge in [0.05, 0.1) is 22.9 Å². The molecule has 2 fully saturated rings. The first-order chi connectivity index (χ1) is 26.6. The predicted molar refractivity (Wildman–Crippen MR) is 223 cm³/mol. The lowest BCUT2D eigenvalue weighted by Gasteiger charge is -2.27. The molecule has 0 unspecified atom stereocenters. The topological polar surface area (TPSA) is 111 Å². The number of nitriles is 1. The molecule has 0 spiro atoms. The Hall–Kier alpha value is -5.49. The molecule has 0 radical (unpaired) electrons. The van der Waals surface area contributed by atoms with E-state index in [0.29, 0.717) is 36.5 Å². The van der Waals surface area contributed by atoms with Crippen LogP contribution >= 0.6 is 0 Å². The summed E-state index contributed by atoms with van der Waals surface area (Å²) in [5.41, 5.74) is 12.2. The van der Waals surface area contributed by atoms with Gasteiger partial charge in [0.1, 0.15) is 17.6 Å². The lowest BCUT2D eigenvalue weighted by molar-refractivity contribution is -0.142. The van der Waals surface area contributed by atoms with Crippen molar-refractivity contribution in [1.29, 1.82) is 5.26 Å². The van der Waals surface area contributed by atoms with Crippen LogP contribution < -0.4 is 15.4 Å². The van der Waals surface area contributed by atoms with E-state index < -0.39 is 5.97 Å². The number of aliphatic carboxylic acids is 1. The van der Waals surface area contributed by atoms with Gasteiger partial charge in [-0.25, -0.2) is 0 Å². The summed E-state index contributed by atoms with van der Waals surface area (Å²) in [6, 6.07) is 21.1. The lowest BCUT2D eigenvalue weighted by atomic mass is 9.86. The Labute approximate surface area is 326 Å². The highest BCUT2D eigenvalue weighted by Gasteiger charge is 2.26. The summed E-state index contributed by atoms with van der Waals surface area (Å²) in [5, 5.41) is 26.6. The number of nitrogens with one attached hydrogen (secondary N) is 2. The number of aryl methyl sites for hydroxylation is 1. The number of allylic oxidation sites excluding steroid dienone is 1. The van der Waals surface area contributed by atoms with E-state index in [4.69, 9.17) is 9.72 Å². The van der Waals surface area contributed by atoms with Gasteiger partial charge in [-0.15, -0.1) is 0 Å². The zero-order valence-corrected chi connectivity index (χ0v) is 32.7. The monoisotopic (exact) mass is 735 g/mol. The maximum Gasteiger partial charge on any atom is 0.306 e. The minimum Gasteiger partial charge on any atom is -0.481 e. The fraction of sp³-hybridized carbons (Fsp3) is 0.340. The number of pyridine rings is 1. The molecular weight excluding hydrogens is 683 g/mol. The zero-order chi connectivity index (χ0) is 39.1. The highest BCUT2D eigenvalue weighted by Crippen LogP contribution is 2.37. The second-order valence-corrected chi connectivity index (χ2v) is 15.0. The Morgan fingerprint density at radius 2 is 1.71 bits per heavy atom. The van der Waals surface area contributed by atoms with Crippen LogP contribution in [0.15, 0.2) is 80.0 Å². The van der Waals surface area contributed by atoms with Crippen LogP contribution in [-0.4, -0.2) is 40.1 Å². The Bertz CT molecular complexity index is 2150. The van der Waals surface area contributed by atoms with E-state index in [0.717, 1.165) is 94.1 Å². The molecule has 0 atom stereocenters. The maximum absolute atomic E-state index is 11.3. The van der Waals surface area contributed by atoms with Gasteiger partial charge >= 0.3 is 5.97 Å². The van der Waals surface area contributed by atoms with Crippen molar-refractivity contribution in [1.82, 2.24) is 15.2 Å². The number of benzene rings is 3. The molecule has 0 bridgehead atoms. The van der Waals surface area contributed by atoms with Crippen molar-refractivity contribution in [3.8, 4) is 22.9 Å². The summed E-state index contributed by atoms with van der Waals surface area (Å²) < 4.78 is 6.41. The van der Waals surface area contributed by atoms with Gasteiger partial charge in [-0.1, -0.05) is 61.7 Å². The molecular formula is C47H53N5O3. The molecule has 0 amide bonds. The van der Waals surface area contributed by atoms with Crippen LogP contribution in [0.4, 0.5) is 5.69 Å². The van der Waals surface area contributed by atoms with Crippen LogP contribution in [0.1, 0.15) is 95.7 Å². The minimum atomic E-state index is -0.701. The van der Waals surface area contributed by atoms with Crippen molar-refractivity contribution in [2.24, 2.45) is 5.92 Å². The van der Waals surface area contributed by atoms with Gasteiger partial charge in [-0.2, -0.15) is 5.26 Å². The number of carboxylic acids is 1. The van der Waals surface area contributed by atoms with Gasteiger partial charge in [0, 0.05) is 42.1 Å². The first kappa shape index (κ1) is 39.2. The molecule has 3 aromatic carbocycles. The Balaban J connectivity index is 1.17. The average Bonchev–Trinajstić information content (AvgIpc) is 3.69. The quantitative estimate of drug-likeness (QED) is 0.110.